The van der Waals surface area contributed by atoms with Crippen LogP contribution in [-0.2, 0) is 47.2 Å². The van der Waals surface area contributed by atoms with Gasteiger partial charge in [0.1, 0.15) is 12.6 Å². The van der Waals surface area contributed by atoms with E-state index in [1.807, 2.05) is 26.0 Å². The largest absolute Gasteiger partial charge is 0.481 e. The van der Waals surface area contributed by atoms with Crippen LogP contribution in [-0.4, -0.2) is 53.5 Å². The third-order valence-electron chi connectivity index (χ3n) is 9.20. The van der Waals surface area contributed by atoms with Crippen LogP contribution in [0, 0.1) is 22.7 Å². The number of fused-ring (bicyclic) bond motifs is 1. The van der Waals surface area contributed by atoms with Gasteiger partial charge in [0.2, 0.25) is 10.0 Å². The first-order valence-electron chi connectivity index (χ1n) is 13.7. The second-order valence-corrected chi connectivity index (χ2v) is 14.0. The fourth-order valence-electron chi connectivity index (χ4n) is 6.75. The molecule has 216 valence electrons. The molecule has 0 unspecified atom stereocenters. The smallest absolute Gasteiger partial charge is 0.306 e. The van der Waals surface area contributed by atoms with Crippen LogP contribution in [0.1, 0.15) is 77.3 Å². The van der Waals surface area contributed by atoms with Gasteiger partial charge in [0.05, 0.1) is 18.4 Å². The van der Waals surface area contributed by atoms with Gasteiger partial charge in [-0.25, -0.2) is 12.7 Å². The number of benzene rings is 1. The Morgan fingerprint density at radius 2 is 1.74 bits per heavy atom. The second kappa shape index (κ2) is 11.2. The number of carbonyl (C=O) groups is 3. The lowest BCUT2D eigenvalue weighted by molar-refractivity contribution is -0.145. The molecule has 3 fully saturated rings. The van der Waals surface area contributed by atoms with Crippen molar-refractivity contribution < 1.29 is 37.5 Å². The van der Waals surface area contributed by atoms with Crippen LogP contribution >= 0.6 is 0 Å². The van der Waals surface area contributed by atoms with Crippen molar-refractivity contribution in [2.45, 2.75) is 91.5 Å². The van der Waals surface area contributed by atoms with Crippen molar-refractivity contribution in [3.63, 3.8) is 0 Å². The molecule has 1 heterocycles. The minimum Gasteiger partial charge on any atom is -0.481 e. The first-order valence-corrected chi connectivity index (χ1v) is 15.3. The number of carbonyl (C=O) groups excluding carboxylic acids is 2. The molecule has 2 aliphatic carbocycles. The Bertz CT molecular complexity index is 1200. The summed E-state index contributed by atoms with van der Waals surface area (Å²) < 4.78 is 33.0. The van der Waals surface area contributed by atoms with E-state index in [1.165, 1.54) is 4.31 Å². The summed E-state index contributed by atoms with van der Waals surface area (Å²) in [5.74, 6) is -1.57. The molecule has 0 radical (unpaired) electrons. The highest BCUT2D eigenvalue weighted by Crippen LogP contribution is 2.70. The van der Waals surface area contributed by atoms with Crippen LogP contribution in [0.3, 0.4) is 0 Å². The zero-order valence-electron chi connectivity index (χ0n) is 23.1. The summed E-state index contributed by atoms with van der Waals surface area (Å²) in [5, 5.41) is 8.64. The van der Waals surface area contributed by atoms with Gasteiger partial charge in [-0.05, 0) is 54.1 Å². The Kier molecular flexibility index (Phi) is 8.45. The zero-order valence-corrected chi connectivity index (χ0v) is 24.0. The van der Waals surface area contributed by atoms with Crippen molar-refractivity contribution in [1.29, 1.82) is 0 Å². The molecule has 39 heavy (non-hydrogen) atoms. The Morgan fingerprint density at radius 1 is 1.10 bits per heavy atom. The highest BCUT2D eigenvalue weighted by atomic mass is 32.2. The quantitative estimate of drug-likeness (QED) is 0.289. The van der Waals surface area contributed by atoms with Gasteiger partial charge in [-0.1, -0.05) is 52.0 Å². The number of rotatable bonds is 12. The van der Waals surface area contributed by atoms with Crippen molar-refractivity contribution in [1.82, 2.24) is 9.79 Å². The predicted octanol–water partition coefficient (Wildman–Crippen LogP) is 3.40. The molecule has 1 spiro atoms. The van der Waals surface area contributed by atoms with E-state index in [9.17, 15) is 22.8 Å². The maximum atomic E-state index is 13.7. The average Bonchev–Trinajstić information content (AvgIpc) is 3.33. The molecule has 0 aromatic heterocycles. The summed E-state index contributed by atoms with van der Waals surface area (Å²) in [5.41, 5.74) is 3.95. The van der Waals surface area contributed by atoms with Crippen molar-refractivity contribution in [2.24, 2.45) is 22.7 Å². The Labute approximate surface area is 230 Å². The number of hydrogen-bond donors (Lipinski definition) is 2. The molecule has 10 nitrogen and oxygen atoms in total. The fourth-order valence-corrected chi connectivity index (χ4v) is 9.32. The van der Waals surface area contributed by atoms with E-state index in [2.05, 4.69) is 19.3 Å². The number of carboxylic acid groups (broad SMARTS) is 1. The van der Waals surface area contributed by atoms with E-state index in [0.29, 0.717) is 5.92 Å². The number of nitrogens with zero attached hydrogens (tertiary/aromatic N) is 1. The first kappa shape index (κ1) is 29.5. The van der Waals surface area contributed by atoms with E-state index in [4.69, 9.17) is 14.7 Å². The van der Waals surface area contributed by atoms with Crippen molar-refractivity contribution in [3.05, 3.63) is 35.4 Å². The zero-order chi connectivity index (χ0) is 28.6. The molecule has 11 heteroatoms. The maximum Gasteiger partial charge on any atom is 0.306 e. The van der Waals surface area contributed by atoms with Gasteiger partial charge in [-0.15, -0.1) is 0 Å². The van der Waals surface area contributed by atoms with E-state index in [1.54, 1.807) is 12.1 Å². The van der Waals surface area contributed by atoms with Crippen LogP contribution in [0.2, 0.25) is 0 Å². The monoisotopic (exact) mass is 564 g/mol. The molecule has 3 aliphatic rings. The number of hydroxylamine groups is 1. The number of ether oxygens (including phenoxy) is 1. The van der Waals surface area contributed by atoms with E-state index >= 15 is 0 Å². The number of esters is 1. The summed E-state index contributed by atoms with van der Waals surface area (Å²) in [6.07, 6.45) is 2.81. The van der Waals surface area contributed by atoms with Gasteiger partial charge in [0.25, 0.3) is 5.91 Å². The standard InChI is InChI=1S/C28H40N2O8S/c1-18(2)25(26(34)30-22-14-21-12-13-28(22,27(21,3)4)17-39(30,35)36)29-38-16-20-10-8-19(9-11-20)15-37-24(33)7-5-6-23(31)32/h8-11,18,21-22,25,29H,5-7,12-17H2,1-4H3,(H,31,32)/t21-,22-,25+,28-/m0/s1. The number of hydrogen-bond acceptors (Lipinski definition) is 8. The number of aliphatic carboxylic acids is 1. The van der Waals surface area contributed by atoms with Gasteiger partial charge in [0, 0.05) is 18.3 Å². The Morgan fingerprint density at radius 3 is 2.33 bits per heavy atom. The van der Waals surface area contributed by atoms with Crippen molar-refractivity contribution >= 4 is 27.9 Å². The lowest BCUT2D eigenvalue weighted by Crippen LogP contribution is -2.53. The third-order valence-corrected chi connectivity index (χ3v) is 11.1. The topological polar surface area (TPSA) is 139 Å². The summed E-state index contributed by atoms with van der Waals surface area (Å²) in [4.78, 5) is 41.6. The van der Waals surface area contributed by atoms with Gasteiger partial charge in [-0.2, -0.15) is 5.48 Å². The fraction of sp³-hybridized carbons (Fsp3) is 0.679. The molecule has 4 rings (SSSR count). The van der Waals surface area contributed by atoms with Gasteiger partial charge in [-0.3, -0.25) is 19.2 Å². The number of nitrogens with one attached hydrogen (secondary N) is 1. The molecule has 2 N–H and O–H groups in total. The summed E-state index contributed by atoms with van der Waals surface area (Å²) in [6.45, 7) is 8.28. The average molecular weight is 565 g/mol. The number of amides is 1. The molecule has 1 saturated heterocycles. The Balaban J connectivity index is 1.31. The molecule has 1 aliphatic heterocycles. The second-order valence-electron chi connectivity index (χ2n) is 12.1. The van der Waals surface area contributed by atoms with Crippen LogP contribution in [0.5, 0.6) is 0 Å². The minimum absolute atomic E-state index is 0.0373. The lowest BCUT2D eigenvalue weighted by Gasteiger charge is -2.37. The van der Waals surface area contributed by atoms with Crippen LogP contribution in [0.25, 0.3) is 0 Å². The van der Waals surface area contributed by atoms with Crippen molar-refractivity contribution in [3.8, 4) is 0 Å². The highest BCUT2D eigenvalue weighted by Gasteiger charge is 2.72. The number of sulfonamides is 1. The normalized spacial score (nSPS) is 26.9. The molecule has 2 saturated carbocycles. The summed E-state index contributed by atoms with van der Waals surface area (Å²) in [6, 6.07) is 6.12. The first-order chi connectivity index (χ1) is 18.3. The van der Waals surface area contributed by atoms with Gasteiger partial charge >= 0.3 is 11.9 Å². The predicted molar refractivity (Wildman–Crippen MR) is 142 cm³/mol. The number of carboxylic acids is 1. The third kappa shape index (κ3) is 5.71. The SMILES string of the molecule is CC(C)[C@@H](NOCc1ccc(COC(=O)CCCC(=O)O)cc1)C(=O)N1[C@H]2C[C@@H]3CC[C@@]2(CS1(=O)=O)C3(C)C. The lowest BCUT2D eigenvalue weighted by atomic mass is 9.69. The molecular weight excluding hydrogens is 524 g/mol. The van der Waals surface area contributed by atoms with Gasteiger partial charge < -0.3 is 9.84 Å². The summed E-state index contributed by atoms with van der Waals surface area (Å²) in [7, 11) is -3.72. The van der Waals surface area contributed by atoms with Gasteiger partial charge in [0.15, 0.2) is 0 Å². The van der Waals surface area contributed by atoms with Crippen LogP contribution in [0.4, 0.5) is 0 Å². The molecule has 2 bridgehead atoms. The Hall–Kier alpha value is -2.50. The minimum atomic E-state index is -3.72. The highest BCUT2D eigenvalue weighted by molar-refractivity contribution is 7.90. The van der Waals surface area contributed by atoms with E-state index < -0.39 is 33.9 Å². The molecule has 1 amide bonds. The van der Waals surface area contributed by atoms with Crippen LogP contribution < -0.4 is 5.48 Å². The maximum absolute atomic E-state index is 13.7. The van der Waals surface area contributed by atoms with E-state index in [0.717, 1.165) is 30.4 Å². The molecule has 1 aromatic rings. The van der Waals surface area contributed by atoms with Crippen LogP contribution in [0.15, 0.2) is 24.3 Å². The molecule has 1 aromatic carbocycles. The van der Waals surface area contributed by atoms with Crippen molar-refractivity contribution in [2.75, 3.05) is 5.75 Å². The molecular formula is C28H40N2O8S. The molecule has 4 atom stereocenters. The van der Waals surface area contributed by atoms with E-state index in [-0.39, 0.29) is 61.0 Å². The summed E-state index contributed by atoms with van der Waals surface area (Å²) >= 11 is 0.